The molecule has 0 spiro atoms. The second-order valence-corrected chi connectivity index (χ2v) is 6.22. The van der Waals surface area contributed by atoms with Gasteiger partial charge in [-0.25, -0.2) is 4.39 Å². The zero-order valence-electron chi connectivity index (χ0n) is 14.2. The molecule has 0 aliphatic rings. The number of hydrogen-bond donors (Lipinski definition) is 2. The maximum atomic E-state index is 13.7. The van der Waals surface area contributed by atoms with Gasteiger partial charge in [-0.2, -0.15) is 0 Å². The van der Waals surface area contributed by atoms with Crippen LogP contribution in [-0.2, 0) is 6.42 Å². The van der Waals surface area contributed by atoms with Crippen LogP contribution in [0.1, 0.15) is 12.0 Å². The Bertz CT molecular complexity index is 753. The molecule has 5 nitrogen and oxygen atoms in total. The first-order valence-electron chi connectivity index (χ1n) is 7.76. The zero-order chi connectivity index (χ0) is 18.2. The minimum Gasteiger partial charge on any atom is -0.493 e. The van der Waals surface area contributed by atoms with Gasteiger partial charge in [0, 0.05) is 22.8 Å². The van der Waals surface area contributed by atoms with Crippen molar-refractivity contribution in [3.05, 3.63) is 52.3 Å². The van der Waals surface area contributed by atoms with Gasteiger partial charge in [-0.3, -0.25) is 4.99 Å². The van der Waals surface area contributed by atoms with Crippen molar-refractivity contribution in [1.29, 1.82) is 0 Å². The summed E-state index contributed by atoms with van der Waals surface area (Å²) >= 11 is 3.24. The summed E-state index contributed by atoms with van der Waals surface area (Å²) in [6, 6.07) is 10.4. The average Bonchev–Trinajstić information content (AvgIpc) is 2.60. The fourth-order valence-corrected chi connectivity index (χ4v) is 2.63. The second-order valence-electron chi connectivity index (χ2n) is 5.30. The maximum absolute atomic E-state index is 13.7. The van der Waals surface area contributed by atoms with Gasteiger partial charge in [0.1, 0.15) is 5.82 Å². The van der Waals surface area contributed by atoms with Crippen LogP contribution in [-0.4, -0.2) is 26.7 Å². The molecule has 0 heterocycles. The summed E-state index contributed by atoms with van der Waals surface area (Å²) in [4.78, 5) is 4.26. The van der Waals surface area contributed by atoms with E-state index in [0.717, 1.165) is 10.2 Å². The topological polar surface area (TPSA) is 68.9 Å². The number of ether oxygens (including phenoxy) is 2. The summed E-state index contributed by atoms with van der Waals surface area (Å²) in [6.45, 7) is 0.502. The number of methoxy groups -OCH3 is 2. The number of hydrogen-bond acceptors (Lipinski definition) is 3. The standard InChI is InChI=1S/C18H21BrFN3O2/c1-24-16-8-7-14(11-17(16)25-2)23-18(21)22-9-3-4-12-5-6-13(19)10-15(12)20/h5-8,10-11H,3-4,9H2,1-2H3,(H3,21,22,23). The highest BCUT2D eigenvalue weighted by molar-refractivity contribution is 9.10. The normalized spacial score (nSPS) is 11.3. The van der Waals surface area contributed by atoms with Crippen molar-refractivity contribution < 1.29 is 13.9 Å². The molecule has 134 valence electrons. The first-order valence-corrected chi connectivity index (χ1v) is 8.55. The van der Waals surface area contributed by atoms with Crippen molar-refractivity contribution in [2.45, 2.75) is 12.8 Å². The van der Waals surface area contributed by atoms with Crippen molar-refractivity contribution >= 4 is 27.6 Å². The Kier molecular flexibility index (Phi) is 7.06. The van der Waals surface area contributed by atoms with Crippen LogP contribution in [0.3, 0.4) is 0 Å². The van der Waals surface area contributed by atoms with E-state index < -0.39 is 0 Å². The number of nitrogens with two attached hydrogens (primary N) is 1. The van der Waals surface area contributed by atoms with Crippen LogP contribution in [0.2, 0.25) is 0 Å². The molecule has 2 rings (SSSR count). The van der Waals surface area contributed by atoms with Crippen molar-refractivity contribution in [3.63, 3.8) is 0 Å². The molecule has 2 aromatic carbocycles. The minimum atomic E-state index is -0.213. The Morgan fingerprint density at radius 3 is 2.60 bits per heavy atom. The van der Waals surface area contributed by atoms with E-state index in [1.807, 2.05) is 12.1 Å². The molecule has 3 N–H and O–H groups in total. The first-order chi connectivity index (χ1) is 12.0. The van der Waals surface area contributed by atoms with Gasteiger partial charge in [0.15, 0.2) is 17.5 Å². The molecular formula is C18H21BrFN3O2. The van der Waals surface area contributed by atoms with Gasteiger partial charge in [0.05, 0.1) is 14.2 Å². The summed E-state index contributed by atoms with van der Waals surface area (Å²) in [7, 11) is 3.15. The minimum absolute atomic E-state index is 0.213. The molecule has 0 saturated carbocycles. The number of rotatable bonds is 7. The number of nitrogens with zero attached hydrogens (tertiary/aromatic N) is 1. The summed E-state index contributed by atoms with van der Waals surface area (Å²) in [5.74, 6) is 1.32. The second kappa shape index (κ2) is 9.27. The summed E-state index contributed by atoms with van der Waals surface area (Å²) in [5, 5.41) is 3.00. The van der Waals surface area contributed by atoms with Gasteiger partial charge in [-0.1, -0.05) is 22.0 Å². The molecule has 0 unspecified atom stereocenters. The lowest BCUT2D eigenvalue weighted by Crippen LogP contribution is -2.22. The summed E-state index contributed by atoms with van der Waals surface area (Å²) in [6.07, 6.45) is 1.30. The molecule has 2 aromatic rings. The third kappa shape index (κ3) is 5.63. The SMILES string of the molecule is COc1ccc(NC(N)=NCCCc2ccc(Br)cc2F)cc1OC. The molecule has 0 aliphatic carbocycles. The number of halogens is 2. The first kappa shape index (κ1) is 19.1. The molecule has 0 fully saturated rings. The smallest absolute Gasteiger partial charge is 0.193 e. The lowest BCUT2D eigenvalue weighted by atomic mass is 10.1. The average molecular weight is 410 g/mol. The van der Waals surface area contributed by atoms with Gasteiger partial charge < -0.3 is 20.5 Å². The highest BCUT2D eigenvalue weighted by atomic mass is 79.9. The van der Waals surface area contributed by atoms with Crippen molar-refractivity contribution in [1.82, 2.24) is 0 Å². The van der Waals surface area contributed by atoms with Crippen LogP contribution >= 0.6 is 15.9 Å². The van der Waals surface area contributed by atoms with Gasteiger partial charge in [-0.15, -0.1) is 0 Å². The number of aliphatic imine (C=N–C) groups is 1. The molecule has 0 radical (unpaired) electrons. The van der Waals surface area contributed by atoms with E-state index >= 15 is 0 Å². The number of benzene rings is 2. The fraction of sp³-hybridized carbons (Fsp3) is 0.278. The molecule has 7 heteroatoms. The summed E-state index contributed by atoms with van der Waals surface area (Å²) in [5.41, 5.74) is 7.30. The quantitative estimate of drug-likeness (QED) is 0.412. The van der Waals surface area contributed by atoms with Crippen molar-refractivity contribution in [2.75, 3.05) is 26.1 Å². The van der Waals surface area contributed by atoms with Crippen LogP contribution in [0.4, 0.5) is 10.1 Å². The Labute approximate surface area is 155 Å². The predicted molar refractivity (Wildman–Crippen MR) is 102 cm³/mol. The molecular weight excluding hydrogens is 389 g/mol. The highest BCUT2D eigenvalue weighted by Gasteiger charge is 2.05. The van der Waals surface area contributed by atoms with E-state index in [9.17, 15) is 4.39 Å². The maximum Gasteiger partial charge on any atom is 0.193 e. The van der Waals surface area contributed by atoms with E-state index in [4.69, 9.17) is 15.2 Å². The van der Waals surface area contributed by atoms with Crippen LogP contribution in [0, 0.1) is 5.82 Å². The van der Waals surface area contributed by atoms with Crippen LogP contribution in [0.5, 0.6) is 11.5 Å². The molecule has 0 aromatic heterocycles. The Morgan fingerprint density at radius 2 is 1.92 bits per heavy atom. The lowest BCUT2D eigenvalue weighted by molar-refractivity contribution is 0.355. The van der Waals surface area contributed by atoms with E-state index in [0.29, 0.717) is 42.4 Å². The number of anilines is 1. The number of aryl methyl sites for hydroxylation is 1. The molecule has 0 bridgehead atoms. The third-order valence-electron chi connectivity index (χ3n) is 3.56. The van der Waals surface area contributed by atoms with E-state index in [-0.39, 0.29) is 5.82 Å². The van der Waals surface area contributed by atoms with Crippen LogP contribution < -0.4 is 20.5 Å². The Balaban J connectivity index is 1.87. The zero-order valence-corrected chi connectivity index (χ0v) is 15.8. The third-order valence-corrected chi connectivity index (χ3v) is 4.05. The Morgan fingerprint density at radius 1 is 1.16 bits per heavy atom. The fourth-order valence-electron chi connectivity index (χ4n) is 2.29. The predicted octanol–water partition coefficient (Wildman–Crippen LogP) is 3.96. The van der Waals surface area contributed by atoms with Crippen molar-refractivity contribution in [3.8, 4) is 11.5 Å². The van der Waals surface area contributed by atoms with E-state index in [2.05, 4.69) is 26.2 Å². The lowest BCUT2D eigenvalue weighted by Gasteiger charge is -2.11. The van der Waals surface area contributed by atoms with E-state index in [1.54, 1.807) is 32.4 Å². The summed E-state index contributed by atoms with van der Waals surface area (Å²) < 4.78 is 24.9. The monoisotopic (exact) mass is 409 g/mol. The van der Waals surface area contributed by atoms with Crippen molar-refractivity contribution in [2.24, 2.45) is 10.7 Å². The van der Waals surface area contributed by atoms with Gasteiger partial charge in [0.2, 0.25) is 0 Å². The van der Waals surface area contributed by atoms with Gasteiger partial charge in [0.25, 0.3) is 0 Å². The molecule has 0 aliphatic heterocycles. The van der Waals surface area contributed by atoms with Gasteiger partial charge in [-0.05, 0) is 42.7 Å². The van der Waals surface area contributed by atoms with Gasteiger partial charge >= 0.3 is 0 Å². The largest absolute Gasteiger partial charge is 0.493 e. The molecule has 0 amide bonds. The Hall–Kier alpha value is -2.28. The molecule has 0 atom stereocenters. The van der Waals surface area contributed by atoms with E-state index in [1.165, 1.54) is 6.07 Å². The molecule has 25 heavy (non-hydrogen) atoms. The van der Waals surface area contributed by atoms with Crippen LogP contribution in [0.25, 0.3) is 0 Å². The highest BCUT2D eigenvalue weighted by Crippen LogP contribution is 2.29. The number of nitrogens with one attached hydrogen (secondary N) is 1. The van der Waals surface area contributed by atoms with Crippen LogP contribution in [0.15, 0.2) is 45.9 Å². The molecule has 0 saturated heterocycles. The number of guanidine groups is 1.